The van der Waals surface area contributed by atoms with Crippen molar-refractivity contribution in [1.29, 1.82) is 0 Å². The lowest BCUT2D eigenvalue weighted by Crippen LogP contribution is -2.60. The summed E-state index contributed by atoms with van der Waals surface area (Å²) in [6.07, 6.45) is 80.7. The quantitative estimate of drug-likeness (QED) is 0.0261. The largest absolute Gasteiger partial charge is 0.394 e. The van der Waals surface area contributed by atoms with Gasteiger partial charge in [0.1, 0.15) is 24.4 Å². The van der Waals surface area contributed by atoms with E-state index in [9.17, 15) is 30.3 Å². The van der Waals surface area contributed by atoms with Crippen LogP contribution in [0.2, 0.25) is 0 Å². The summed E-state index contributed by atoms with van der Waals surface area (Å²) in [6, 6.07) is -0.725. The van der Waals surface area contributed by atoms with E-state index >= 15 is 0 Å². The topological polar surface area (TPSA) is 149 Å². The lowest BCUT2D eigenvalue weighted by Gasteiger charge is -2.40. The van der Waals surface area contributed by atoms with Crippen molar-refractivity contribution in [2.24, 2.45) is 0 Å². The second kappa shape index (κ2) is 61.5. The van der Waals surface area contributed by atoms with Gasteiger partial charge in [0.15, 0.2) is 6.29 Å². The summed E-state index contributed by atoms with van der Waals surface area (Å²) in [6.45, 7) is 3.76. The fourth-order valence-electron chi connectivity index (χ4n) is 10.9. The molecule has 476 valence electrons. The third kappa shape index (κ3) is 49.6. The third-order valence-electron chi connectivity index (χ3n) is 16.3. The van der Waals surface area contributed by atoms with Gasteiger partial charge in [-0.25, -0.2) is 0 Å². The van der Waals surface area contributed by atoms with Crippen molar-refractivity contribution in [1.82, 2.24) is 5.32 Å². The lowest BCUT2D eigenvalue weighted by molar-refractivity contribution is -0.302. The molecular formula is C73H131NO8. The van der Waals surface area contributed by atoms with Gasteiger partial charge in [-0.1, -0.05) is 324 Å². The summed E-state index contributed by atoms with van der Waals surface area (Å²) in [7, 11) is 0. The van der Waals surface area contributed by atoms with Crippen LogP contribution < -0.4 is 5.32 Å². The lowest BCUT2D eigenvalue weighted by atomic mass is 9.99. The van der Waals surface area contributed by atoms with Crippen LogP contribution in [-0.2, 0) is 14.3 Å². The molecule has 0 aromatic rings. The standard InChI is InChI=1S/C73H131NO8/c1-3-5-7-9-11-13-15-17-19-21-23-25-27-29-30-31-32-33-34-35-36-37-38-39-41-43-45-47-49-51-53-55-57-59-61-63-69(77)74-66(65-81-73-72(80)71(79)70(78)68(64-75)82-73)67(76)62-60-58-56-54-52-50-48-46-44-42-40-28-26-24-22-20-18-16-14-12-10-8-6-4-2/h5,7,11,13,17,19,23,25,29-30,32-33,35-36,66-68,70-73,75-76,78-80H,3-4,6,8-10,12,14-16,18,20-22,24,26-28,31,34,37-65H2,1-2H3,(H,74,77)/b7-5-,13-11-,19-17-,25-23-,30-29-,33-32-,36-35-. The molecular weight excluding hydrogens is 1020 g/mol. The van der Waals surface area contributed by atoms with Gasteiger partial charge < -0.3 is 40.3 Å². The Morgan fingerprint density at radius 3 is 1.12 bits per heavy atom. The average molecular weight is 1150 g/mol. The average Bonchev–Trinajstić information content (AvgIpc) is 3.52. The van der Waals surface area contributed by atoms with Crippen molar-refractivity contribution in [3.05, 3.63) is 85.1 Å². The minimum atomic E-state index is -1.56. The smallest absolute Gasteiger partial charge is 0.220 e. The zero-order valence-electron chi connectivity index (χ0n) is 53.2. The summed E-state index contributed by atoms with van der Waals surface area (Å²) in [4.78, 5) is 13.2. The predicted molar refractivity (Wildman–Crippen MR) is 350 cm³/mol. The highest BCUT2D eigenvalue weighted by atomic mass is 16.7. The zero-order valence-corrected chi connectivity index (χ0v) is 53.2. The van der Waals surface area contributed by atoms with Crippen molar-refractivity contribution in [2.45, 2.75) is 358 Å². The number of allylic oxidation sites excluding steroid dienone is 14. The highest BCUT2D eigenvalue weighted by Crippen LogP contribution is 2.24. The molecule has 82 heavy (non-hydrogen) atoms. The van der Waals surface area contributed by atoms with Crippen LogP contribution in [0.3, 0.4) is 0 Å². The number of carbonyl (C=O) groups is 1. The third-order valence-corrected chi connectivity index (χ3v) is 16.3. The molecule has 9 nitrogen and oxygen atoms in total. The predicted octanol–water partition coefficient (Wildman–Crippen LogP) is 18.9. The summed E-state index contributed by atoms with van der Waals surface area (Å²) >= 11 is 0. The summed E-state index contributed by atoms with van der Waals surface area (Å²) < 4.78 is 11.4. The first-order chi connectivity index (χ1) is 40.3. The van der Waals surface area contributed by atoms with Crippen LogP contribution in [0.4, 0.5) is 0 Å². The molecule has 6 N–H and O–H groups in total. The number of hydrogen-bond acceptors (Lipinski definition) is 8. The molecule has 9 heteroatoms. The number of ether oxygens (including phenoxy) is 2. The van der Waals surface area contributed by atoms with E-state index in [1.54, 1.807) is 0 Å². The van der Waals surface area contributed by atoms with E-state index < -0.39 is 49.5 Å². The van der Waals surface area contributed by atoms with E-state index in [1.165, 1.54) is 205 Å². The molecule has 0 saturated carbocycles. The Morgan fingerprint density at radius 2 is 0.756 bits per heavy atom. The van der Waals surface area contributed by atoms with Gasteiger partial charge in [0.25, 0.3) is 0 Å². The fraction of sp³-hybridized carbons (Fsp3) is 0.795. The molecule has 1 fully saturated rings. The Balaban J connectivity index is 2.12. The van der Waals surface area contributed by atoms with Gasteiger partial charge in [-0.05, 0) is 70.6 Å². The van der Waals surface area contributed by atoms with Crippen molar-refractivity contribution in [3.63, 3.8) is 0 Å². The number of hydrogen-bond donors (Lipinski definition) is 6. The maximum atomic E-state index is 13.2. The Hall–Kier alpha value is -2.63. The molecule has 0 bridgehead atoms. The number of nitrogens with one attached hydrogen (secondary N) is 1. The Morgan fingerprint density at radius 1 is 0.427 bits per heavy atom. The number of unbranched alkanes of at least 4 members (excludes halogenated alkanes) is 36. The normalized spacial score (nSPS) is 18.8. The number of rotatable bonds is 60. The van der Waals surface area contributed by atoms with Crippen LogP contribution in [0, 0.1) is 0 Å². The molecule has 0 radical (unpaired) electrons. The molecule has 1 amide bonds. The van der Waals surface area contributed by atoms with Gasteiger partial charge in [-0.15, -0.1) is 0 Å². The van der Waals surface area contributed by atoms with E-state index in [-0.39, 0.29) is 12.5 Å². The first-order valence-corrected chi connectivity index (χ1v) is 34.8. The molecule has 1 saturated heterocycles. The van der Waals surface area contributed by atoms with Gasteiger partial charge in [0, 0.05) is 6.42 Å². The van der Waals surface area contributed by atoms with E-state index in [4.69, 9.17) is 9.47 Å². The monoisotopic (exact) mass is 1150 g/mol. The SMILES string of the molecule is CC/C=C\C/C=C\C/C=C\C/C=C\C/C=C\C/C=C\C/C=C\CCCCCCCCCCCCCCCC(=O)NC(COC1OC(CO)C(O)C(O)C1O)C(O)CCCCCCCCCCCCCCCCCCCCCCCCCC. The van der Waals surface area contributed by atoms with Crippen molar-refractivity contribution in [3.8, 4) is 0 Å². The second-order valence-corrected chi connectivity index (χ2v) is 23.9. The molecule has 1 rings (SSSR count). The first kappa shape index (κ1) is 77.4. The van der Waals surface area contributed by atoms with Gasteiger partial charge in [0.05, 0.1) is 25.4 Å². The molecule has 0 spiro atoms. The molecule has 7 unspecified atom stereocenters. The van der Waals surface area contributed by atoms with Crippen molar-refractivity contribution < 1.29 is 39.8 Å². The van der Waals surface area contributed by atoms with Crippen LogP contribution in [0.25, 0.3) is 0 Å². The Kier molecular flexibility index (Phi) is 58.0. The Labute approximate surface area is 505 Å². The van der Waals surface area contributed by atoms with Gasteiger partial charge >= 0.3 is 0 Å². The van der Waals surface area contributed by atoms with E-state index in [0.717, 1.165) is 83.5 Å². The van der Waals surface area contributed by atoms with Crippen LogP contribution in [0.15, 0.2) is 85.1 Å². The summed E-state index contributed by atoms with van der Waals surface area (Å²) in [5.74, 6) is -0.144. The highest BCUT2D eigenvalue weighted by molar-refractivity contribution is 5.76. The molecule has 0 aromatic carbocycles. The number of aliphatic hydroxyl groups is 5. The van der Waals surface area contributed by atoms with Gasteiger partial charge in [0.2, 0.25) is 5.91 Å². The minimum Gasteiger partial charge on any atom is -0.394 e. The summed E-state index contributed by atoms with van der Waals surface area (Å²) in [5.41, 5.74) is 0. The van der Waals surface area contributed by atoms with E-state index in [0.29, 0.717) is 12.8 Å². The fourth-order valence-corrected chi connectivity index (χ4v) is 10.9. The van der Waals surface area contributed by atoms with Crippen LogP contribution in [0.5, 0.6) is 0 Å². The van der Waals surface area contributed by atoms with Crippen LogP contribution >= 0.6 is 0 Å². The summed E-state index contributed by atoms with van der Waals surface area (Å²) in [5, 5.41) is 54.9. The van der Waals surface area contributed by atoms with Crippen LogP contribution in [0.1, 0.15) is 316 Å². The van der Waals surface area contributed by atoms with Gasteiger partial charge in [-0.3, -0.25) is 4.79 Å². The highest BCUT2D eigenvalue weighted by Gasteiger charge is 2.44. The van der Waals surface area contributed by atoms with E-state index in [1.807, 2.05) is 0 Å². The molecule has 0 aromatic heterocycles. The maximum absolute atomic E-state index is 13.2. The molecule has 0 aliphatic carbocycles. The molecule has 1 aliphatic heterocycles. The molecule has 1 aliphatic rings. The second-order valence-electron chi connectivity index (χ2n) is 23.9. The number of amides is 1. The molecule has 7 atom stereocenters. The van der Waals surface area contributed by atoms with Crippen molar-refractivity contribution >= 4 is 5.91 Å². The Bertz CT molecular complexity index is 1570. The number of aliphatic hydroxyl groups excluding tert-OH is 5. The van der Waals surface area contributed by atoms with Crippen LogP contribution in [-0.4, -0.2) is 87.5 Å². The van der Waals surface area contributed by atoms with E-state index in [2.05, 4.69) is 104 Å². The van der Waals surface area contributed by atoms with Gasteiger partial charge in [-0.2, -0.15) is 0 Å². The first-order valence-electron chi connectivity index (χ1n) is 34.8. The zero-order chi connectivity index (χ0) is 59.3. The minimum absolute atomic E-state index is 0.139. The molecule has 1 heterocycles. The maximum Gasteiger partial charge on any atom is 0.220 e. The number of carbonyl (C=O) groups excluding carboxylic acids is 1. The van der Waals surface area contributed by atoms with Crippen molar-refractivity contribution in [2.75, 3.05) is 13.2 Å².